The molecule has 3 aromatic rings. The van der Waals surface area contributed by atoms with Gasteiger partial charge in [0.25, 0.3) is 0 Å². The van der Waals surface area contributed by atoms with Gasteiger partial charge in [-0.25, -0.2) is 4.68 Å². The largest absolute Gasteiger partial charge is 0.325 e. The number of nitrogens with zero attached hydrogens (tertiary/aromatic N) is 3. The number of amides is 1. The molecule has 1 aromatic heterocycles. The molecule has 144 valence electrons. The molecule has 0 spiro atoms. The maximum Gasteiger partial charge on any atom is 0.240 e. The van der Waals surface area contributed by atoms with Crippen molar-refractivity contribution in [1.29, 1.82) is 0 Å². The summed E-state index contributed by atoms with van der Waals surface area (Å²) in [7, 11) is 0. The zero-order valence-electron chi connectivity index (χ0n) is 15.5. The van der Waals surface area contributed by atoms with Crippen LogP contribution < -0.4 is 10.7 Å². The topological polar surface area (TPSA) is 71.8 Å². The number of hydrogen-bond donors (Lipinski definition) is 2. The van der Waals surface area contributed by atoms with E-state index in [4.69, 9.17) is 11.6 Å². The highest BCUT2D eigenvalue weighted by Crippen LogP contribution is 2.38. The summed E-state index contributed by atoms with van der Waals surface area (Å²) in [6, 6.07) is 15.0. The van der Waals surface area contributed by atoms with Crippen molar-refractivity contribution < 1.29 is 4.79 Å². The normalized spacial score (nSPS) is 18.2. The lowest BCUT2D eigenvalue weighted by Gasteiger charge is -2.33. The molecule has 2 heterocycles. The molecule has 0 saturated heterocycles. The van der Waals surface area contributed by atoms with Crippen LogP contribution in [0.4, 0.5) is 5.69 Å². The molecule has 4 rings (SSSR count). The second-order valence-corrected chi connectivity index (χ2v) is 8.13. The van der Waals surface area contributed by atoms with Crippen molar-refractivity contribution in [3.8, 4) is 0 Å². The van der Waals surface area contributed by atoms with E-state index in [-0.39, 0.29) is 11.9 Å². The van der Waals surface area contributed by atoms with Crippen LogP contribution in [0.15, 0.2) is 53.7 Å². The Hall–Kier alpha value is -2.51. The number of anilines is 1. The quantitative estimate of drug-likeness (QED) is 0.670. The monoisotopic (exact) mass is 413 g/mol. The van der Waals surface area contributed by atoms with Crippen molar-refractivity contribution in [2.45, 2.75) is 36.7 Å². The number of thioether (sulfide) groups is 1. The summed E-state index contributed by atoms with van der Waals surface area (Å²) < 4.78 is 1.88. The van der Waals surface area contributed by atoms with Crippen LogP contribution in [0.3, 0.4) is 0 Å². The van der Waals surface area contributed by atoms with Gasteiger partial charge in [-0.1, -0.05) is 60.6 Å². The first-order chi connectivity index (χ1) is 13.6. The van der Waals surface area contributed by atoms with Crippen LogP contribution in [-0.2, 0) is 11.2 Å². The maximum absolute atomic E-state index is 13.2. The van der Waals surface area contributed by atoms with E-state index in [1.165, 1.54) is 11.8 Å². The molecule has 1 aliphatic heterocycles. The van der Waals surface area contributed by atoms with Crippen molar-refractivity contribution in [1.82, 2.24) is 14.9 Å². The van der Waals surface area contributed by atoms with E-state index >= 15 is 0 Å². The third-order valence-electron chi connectivity index (χ3n) is 4.71. The van der Waals surface area contributed by atoms with E-state index in [1.54, 1.807) is 0 Å². The molecule has 2 atom stereocenters. The molecule has 2 N–H and O–H groups in total. The number of rotatable bonds is 4. The summed E-state index contributed by atoms with van der Waals surface area (Å²) in [6.07, 6.45) is 0.744. The number of aryl methyl sites for hydroxylation is 2. The fourth-order valence-corrected chi connectivity index (χ4v) is 4.39. The van der Waals surface area contributed by atoms with Crippen molar-refractivity contribution in [2.75, 3.05) is 10.7 Å². The average Bonchev–Trinajstić information content (AvgIpc) is 3.11. The van der Waals surface area contributed by atoms with Gasteiger partial charge in [-0.15, -0.1) is 10.2 Å². The maximum atomic E-state index is 13.2. The van der Waals surface area contributed by atoms with E-state index in [2.05, 4.69) is 20.9 Å². The summed E-state index contributed by atoms with van der Waals surface area (Å²) >= 11 is 7.47. The zero-order valence-corrected chi connectivity index (χ0v) is 17.1. The predicted octanol–water partition coefficient (Wildman–Crippen LogP) is 4.20. The standard InChI is InChI=1S/C20H20ClN5OS/c1-3-16-23-24-20-26(16)25-17(13-8-10-14(21)11-9-13)18(28-20)19(27)22-15-7-5-4-6-12(15)2/h4-11,17-18,25H,3H2,1-2H3,(H,22,27)/t17-,18-/m1/s1. The number of carbonyl (C=O) groups excluding carboxylic acids is 1. The van der Waals surface area contributed by atoms with Gasteiger partial charge in [0.15, 0.2) is 5.82 Å². The second kappa shape index (κ2) is 7.85. The number of nitrogens with one attached hydrogen (secondary N) is 2. The molecular formula is C20H20ClN5OS. The molecule has 0 radical (unpaired) electrons. The highest BCUT2D eigenvalue weighted by atomic mass is 35.5. The first-order valence-corrected chi connectivity index (χ1v) is 10.3. The van der Waals surface area contributed by atoms with Crippen LogP contribution in [0.2, 0.25) is 5.02 Å². The van der Waals surface area contributed by atoms with Crippen LogP contribution in [0.5, 0.6) is 0 Å². The van der Waals surface area contributed by atoms with Crippen LogP contribution >= 0.6 is 23.4 Å². The molecule has 0 saturated carbocycles. The van der Waals surface area contributed by atoms with Crippen molar-refractivity contribution in [2.24, 2.45) is 0 Å². The molecule has 8 heteroatoms. The van der Waals surface area contributed by atoms with Gasteiger partial charge < -0.3 is 10.7 Å². The third kappa shape index (κ3) is 3.59. The van der Waals surface area contributed by atoms with Gasteiger partial charge in [0, 0.05) is 17.1 Å². The minimum atomic E-state index is -0.415. The number of fused-ring (bicyclic) bond motifs is 1. The summed E-state index contributed by atoms with van der Waals surface area (Å²) in [4.78, 5) is 13.2. The molecule has 0 fully saturated rings. The SMILES string of the molecule is CCc1nnc2n1N[C@H](c1ccc(Cl)cc1)[C@H](C(=O)Nc1ccccc1C)S2. The van der Waals surface area contributed by atoms with E-state index in [0.29, 0.717) is 10.2 Å². The molecule has 0 bridgehead atoms. The predicted molar refractivity (Wildman–Crippen MR) is 112 cm³/mol. The number of para-hydroxylation sites is 1. The summed E-state index contributed by atoms with van der Waals surface area (Å²) in [5.74, 6) is 0.748. The Labute approximate surface area is 172 Å². The van der Waals surface area contributed by atoms with Crippen LogP contribution in [0.25, 0.3) is 0 Å². The minimum Gasteiger partial charge on any atom is -0.325 e. The van der Waals surface area contributed by atoms with Crippen LogP contribution in [0.1, 0.15) is 29.9 Å². The van der Waals surface area contributed by atoms with Gasteiger partial charge in [-0.05, 0) is 36.2 Å². The summed E-state index contributed by atoms with van der Waals surface area (Å²) in [5.41, 5.74) is 6.23. The van der Waals surface area contributed by atoms with E-state index < -0.39 is 5.25 Å². The lowest BCUT2D eigenvalue weighted by Crippen LogP contribution is -2.41. The molecule has 1 amide bonds. The number of hydrogen-bond acceptors (Lipinski definition) is 5. The molecule has 2 aromatic carbocycles. The Kier molecular flexibility index (Phi) is 5.28. The zero-order chi connectivity index (χ0) is 19.7. The summed E-state index contributed by atoms with van der Waals surface area (Å²) in [5, 5.41) is 12.5. The smallest absolute Gasteiger partial charge is 0.240 e. The number of aromatic nitrogens is 3. The number of benzene rings is 2. The van der Waals surface area contributed by atoms with Gasteiger partial charge >= 0.3 is 0 Å². The van der Waals surface area contributed by atoms with Crippen LogP contribution in [-0.4, -0.2) is 26.0 Å². The highest BCUT2D eigenvalue weighted by Gasteiger charge is 2.37. The number of halogens is 1. The van der Waals surface area contributed by atoms with E-state index in [9.17, 15) is 4.79 Å². The lowest BCUT2D eigenvalue weighted by atomic mass is 10.0. The molecule has 1 aliphatic rings. The number of carbonyl (C=O) groups is 1. The Morgan fingerprint density at radius 2 is 1.96 bits per heavy atom. The first-order valence-electron chi connectivity index (χ1n) is 9.06. The fourth-order valence-electron chi connectivity index (χ4n) is 3.16. The average molecular weight is 414 g/mol. The van der Waals surface area contributed by atoms with Gasteiger partial charge in [-0.3, -0.25) is 4.79 Å². The highest BCUT2D eigenvalue weighted by molar-refractivity contribution is 8.00. The van der Waals surface area contributed by atoms with Crippen LogP contribution in [0, 0.1) is 6.92 Å². The Morgan fingerprint density at radius 1 is 1.21 bits per heavy atom. The Bertz CT molecular complexity index is 1000. The van der Waals surface area contributed by atoms with E-state index in [0.717, 1.165) is 29.1 Å². The van der Waals surface area contributed by atoms with Crippen molar-refractivity contribution in [3.05, 3.63) is 70.5 Å². The minimum absolute atomic E-state index is 0.0842. The molecular weight excluding hydrogens is 394 g/mol. The van der Waals surface area contributed by atoms with Gasteiger partial charge in [0.05, 0.1) is 6.04 Å². The molecule has 0 unspecified atom stereocenters. The molecule has 28 heavy (non-hydrogen) atoms. The van der Waals surface area contributed by atoms with Gasteiger partial charge in [0.1, 0.15) is 5.25 Å². The molecule has 0 aliphatic carbocycles. The second-order valence-electron chi connectivity index (χ2n) is 6.59. The molecule has 6 nitrogen and oxygen atoms in total. The van der Waals surface area contributed by atoms with Gasteiger partial charge in [0.2, 0.25) is 11.1 Å². The summed E-state index contributed by atoms with van der Waals surface area (Å²) in [6.45, 7) is 4.00. The van der Waals surface area contributed by atoms with Gasteiger partial charge in [-0.2, -0.15) is 0 Å². The van der Waals surface area contributed by atoms with E-state index in [1.807, 2.05) is 67.1 Å². The van der Waals surface area contributed by atoms with Crippen molar-refractivity contribution >= 4 is 35.0 Å². The Balaban J connectivity index is 1.68. The third-order valence-corrected chi connectivity index (χ3v) is 6.18. The lowest BCUT2D eigenvalue weighted by molar-refractivity contribution is -0.116. The fraction of sp³-hybridized carbons (Fsp3) is 0.250. The Morgan fingerprint density at radius 3 is 2.68 bits per heavy atom. The first kappa shape index (κ1) is 18.8. The van der Waals surface area contributed by atoms with Crippen molar-refractivity contribution in [3.63, 3.8) is 0 Å².